The van der Waals surface area contributed by atoms with E-state index in [1.807, 2.05) is 6.07 Å². The number of hydrogen-bond donors (Lipinski definition) is 3. The zero-order chi connectivity index (χ0) is 15.4. The van der Waals surface area contributed by atoms with Crippen LogP contribution in [0.25, 0.3) is 0 Å². The number of benzene rings is 1. The Morgan fingerprint density at radius 2 is 2.24 bits per heavy atom. The number of halogens is 1. The van der Waals surface area contributed by atoms with E-state index in [1.54, 1.807) is 6.07 Å². The second-order valence-corrected chi connectivity index (χ2v) is 5.40. The smallest absolute Gasteiger partial charge is 0.261 e. The van der Waals surface area contributed by atoms with Crippen LogP contribution in [0, 0.1) is 5.82 Å². The lowest BCUT2D eigenvalue weighted by Gasteiger charge is -2.07. The highest BCUT2D eigenvalue weighted by atomic mass is 32.1. The van der Waals surface area contributed by atoms with Crippen molar-refractivity contribution in [3.63, 3.8) is 0 Å². The predicted octanol–water partition coefficient (Wildman–Crippen LogP) is 2.23. The van der Waals surface area contributed by atoms with Gasteiger partial charge in [0.2, 0.25) is 0 Å². The maximum absolute atomic E-state index is 13.1. The summed E-state index contributed by atoms with van der Waals surface area (Å²) < 4.78 is 18.3. The molecule has 5 nitrogen and oxygen atoms in total. The number of hydrogen-bond acceptors (Lipinski definition) is 5. The molecule has 0 aliphatic carbocycles. The molecule has 0 atom stereocenters. The molecule has 0 saturated carbocycles. The van der Waals surface area contributed by atoms with E-state index >= 15 is 0 Å². The van der Waals surface area contributed by atoms with E-state index in [4.69, 9.17) is 16.2 Å². The van der Waals surface area contributed by atoms with Crippen LogP contribution < -0.4 is 21.5 Å². The number of carbonyl (C=O) groups is 1. The zero-order valence-electron chi connectivity index (χ0n) is 11.5. The molecule has 2 aromatic rings. The summed E-state index contributed by atoms with van der Waals surface area (Å²) in [5.74, 6) is -0.441. The van der Waals surface area contributed by atoms with Gasteiger partial charge in [-0.1, -0.05) is 12.1 Å². The first kappa shape index (κ1) is 15.1. The SMILES string of the molecule is COc1c(NCCc2cccc(F)c2)sc(C(N)=O)c1N. The number of amides is 1. The molecule has 112 valence electrons. The second-order valence-electron chi connectivity index (χ2n) is 4.38. The van der Waals surface area contributed by atoms with E-state index in [-0.39, 0.29) is 16.4 Å². The summed E-state index contributed by atoms with van der Waals surface area (Å²) in [6, 6.07) is 6.40. The highest BCUT2D eigenvalue weighted by molar-refractivity contribution is 7.19. The average molecular weight is 309 g/mol. The minimum Gasteiger partial charge on any atom is -0.492 e. The Kier molecular flexibility index (Phi) is 4.64. The molecule has 1 amide bonds. The zero-order valence-corrected chi connectivity index (χ0v) is 12.3. The summed E-state index contributed by atoms with van der Waals surface area (Å²) in [6.45, 7) is 0.554. The normalized spacial score (nSPS) is 10.4. The molecule has 1 heterocycles. The standard InChI is InChI=1S/C14H16FN3O2S/c1-20-11-10(16)12(13(17)19)21-14(11)18-6-5-8-3-2-4-9(15)7-8/h2-4,7,18H,5-6,16H2,1H3,(H2,17,19). The lowest BCUT2D eigenvalue weighted by Crippen LogP contribution is -2.10. The summed E-state index contributed by atoms with van der Waals surface area (Å²) in [7, 11) is 1.47. The monoisotopic (exact) mass is 309 g/mol. The van der Waals surface area contributed by atoms with Crippen molar-refractivity contribution in [2.24, 2.45) is 5.73 Å². The lowest BCUT2D eigenvalue weighted by molar-refractivity contribution is 0.100. The Morgan fingerprint density at radius 3 is 2.86 bits per heavy atom. The van der Waals surface area contributed by atoms with Crippen molar-refractivity contribution in [3.05, 3.63) is 40.5 Å². The van der Waals surface area contributed by atoms with Crippen LogP contribution in [0.15, 0.2) is 24.3 Å². The molecule has 0 spiro atoms. The van der Waals surface area contributed by atoms with Crippen molar-refractivity contribution in [3.8, 4) is 5.75 Å². The second kappa shape index (κ2) is 6.45. The quantitative estimate of drug-likeness (QED) is 0.763. The van der Waals surface area contributed by atoms with Crippen LogP contribution in [0.1, 0.15) is 15.2 Å². The topological polar surface area (TPSA) is 90.4 Å². The third-order valence-electron chi connectivity index (χ3n) is 2.92. The van der Waals surface area contributed by atoms with Crippen LogP contribution in [0.2, 0.25) is 0 Å². The van der Waals surface area contributed by atoms with Crippen LogP contribution in [0.5, 0.6) is 5.75 Å². The Balaban J connectivity index is 2.06. The van der Waals surface area contributed by atoms with Gasteiger partial charge in [-0.05, 0) is 24.1 Å². The first-order valence-corrected chi connectivity index (χ1v) is 7.09. The number of anilines is 2. The molecule has 1 aromatic heterocycles. The number of nitrogens with two attached hydrogens (primary N) is 2. The van der Waals surface area contributed by atoms with Gasteiger partial charge < -0.3 is 21.5 Å². The van der Waals surface area contributed by atoms with Crippen LogP contribution in [0.3, 0.4) is 0 Å². The first-order chi connectivity index (χ1) is 10.0. The van der Waals surface area contributed by atoms with Gasteiger partial charge in [-0.15, -0.1) is 11.3 Å². The maximum Gasteiger partial charge on any atom is 0.261 e. The van der Waals surface area contributed by atoms with Crippen molar-refractivity contribution in [2.75, 3.05) is 24.7 Å². The van der Waals surface area contributed by atoms with Crippen molar-refractivity contribution in [1.29, 1.82) is 0 Å². The molecule has 21 heavy (non-hydrogen) atoms. The highest BCUT2D eigenvalue weighted by Gasteiger charge is 2.19. The van der Waals surface area contributed by atoms with Gasteiger partial charge in [0.1, 0.15) is 21.4 Å². The molecule has 0 fully saturated rings. The largest absolute Gasteiger partial charge is 0.492 e. The number of rotatable bonds is 6. The van der Waals surface area contributed by atoms with E-state index in [2.05, 4.69) is 5.32 Å². The molecular weight excluding hydrogens is 293 g/mol. The lowest BCUT2D eigenvalue weighted by atomic mass is 10.1. The van der Waals surface area contributed by atoms with Crippen LogP contribution in [-0.4, -0.2) is 19.6 Å². The fourth-order valence-electron chi connectivity index (χ4n) is 1.94. The summed E-state index contributed by atoms with van der Waals surface area (Å²) in [5.41, 5.74) is 12.2. The van der Waals surface area contributed by atoms with E-state index in [0.29, 0.717) is 23.7 Å². The fourth-order valence-corrected chi connectivity index (χ4v) is 2.91. The van der Waals surface area contributed by atoms with E-state index < -0.39 is 5.91 Å². The minimum absolute atomic E-state index is 0.239. The Morgan fingerprint density at radius 1 is 1.48 bits per heavy atom. The third kappa shape index (κ3) is 3.43. The Labute approximate surface area is 125 Å². The number of thiophene rings is 1. The maximum atomic E-state index is 13.1. The summed E-state index contributed by atoms with van der Waals surface area (Å²) in [4.78, 5) is 11.5. The summed E-state index contributed by atoms with van der Waals surface area (Å²) in [6.07, 6.45) is 0.630. The average Bonchev–Trinajstić information content (AvgIpc) is 2.75. The summed E-state index contributed by atoms with van der Waals surface area (Å²) >= 11 is 1.15. The first-order valence-electron chi connectivity index (χ1n) is 6.27. The molecule has 5 N–H and O–H groups in total. The molecular formula is C14H16FN3O2S. The van der Waals surface area contributed by atoms with E-state index in [0.717, 1.165) is 16.9 Å². The Bertz CT molecular complexity index is 658. The van der Waals surface area contributed by atoms with E-state index in [1.165, 1.54) is 19.2 Å². The number of primary amides is 1. The van der Waals surface area contributed by atoms with Gasteiger partial charge in [-0.2, -0.15) is 0 Å². The molecule has 2 rings (SSSR count). The van der Waals surface area contributed by atoms with Gasteiger partial charge in [0.05, 0.1) is 7.11 Å². The Hall–Kier alpha value is -2.28. The molecule has 0 radical (unpaired) electrons. The predicted molar refractivity (Wildman–Crippen MR) is 82.4 cm³/mol. The highest BCUT2D eigenvalue weighted by Crippen LogP contribution is 2.42. The van der Waals surface area contributed by atoms with Gasteiger partial charge in [0.25, 0.3) is 5.91 Å². The third-order valence-corrected chi connectivity index (χ3v) is 4.07. The molecule has 0 aliphatic rings. The van der Waals surface area contributed by atoms with Gasteiger partial charge in [0.15, 0.2) is 5.75 Å². The van der Waals surface area contributed by atoms with Crippen molar-refractivity contribution in [1.82, 2.24) is 0 Å². The van der Waals surface area contributed by atoms with Gasteiger partial charge in [0, 0.05) is 6.54 Å². The van der Waals surface area contributed by atoms with E-state index in [9.17, 15) is 9.18 Å². The number of nitrogen functional groups attached to an aromatic ring is 1. The summed E-state index contributed by atoms with van der Waals surface area (Å²) in [5, 5.41) is 3.77. The van der Waals surface area contributed by atoms with Crippen LogP contribution >= 0.6 is 11.3 Å². The van der Waals surface area contributed by atoms with Crippen molar-refractivity contribution < 1.29 is 13.9 Å². The number of carbonyl (C=O) groups excluding carboxylic acids is 1. The van der Waals surface area contributed by atoms with Gasteiger partial charge >= 0.3 is 0 Å². The molecule has 0 bridgehead atoms. The van der Waals surface area contributed by atoms with Gasteiger partial charge in [-0.25, -0.2) is 4.39 Å². The molecule has 7 heteroatoms. The molecule has 1 aromatic carbocycles. The van der Waals surface area contributed by atoms with Crippen molar-refractivity contribution in [2.45, 2.75) is 6.42 Å². The molecule has 0 aliphatic heterocycles. The van der Waals surface area contributed by atoms with Crippen LogP contribution in [0.4, 0.5) is 15.1 Å². The molecule has 0 unspecified atom stereocenters. The molecule has 0 saturated heterocycles. The number of methoxy groups -OCH3 is 1. The number of ether oxygens (including phenoxy) is 1. The fraction of sp³-hybridized carbons (Fsp3) is 0.214. The van der Waals surface area contributed by atoms with Crippen molar-refractivity contribution >= 4 is 27.9 Å². The van der Waals surface area contributed by atoms with Crippen LogP contribution in [-0.2, 0) is 6.42 Å². The number of nitrogens with one attached hydrogen (secondary N) is 1. The minimum atomic E-state index is -0.589. The van der Waals surface area contributed by atoms with Gasteiger partial charge in [-0.3, -0.25) is 4.79 Å².